The molecule has 1 aliphatic rings. The molecule has 0 aliphatic carbocycles. The van der Waals surface area contributed by atoms with Gasteiger partial charge in [0, 0.05) is 37.7 Å². The van der Waals surface area contributed by atoms with E-state index in [1.165, 1.54) is 0 Å². The van der Waals surface area contributed by atoms with Crippen molar-refractivity contribution in [2.45, 2.75) is 45.1 Å². The average molecular weight is 332 g/mol. The van der Waals surface area contributed by atoms with E-state index >= 15 is 0 Å². The van der Waals surface area contributed by atoms with E-state index in [2.05, 4.69) is 0 Å². The van der Waals surface area contributed by atoms with Crippen LogP contribution < -0.4 is 4.90 Å². The Bertz CT molecular complexity index is 580. The average Bonchev–Trinajstić information content (AvgIpc) is 2.61. The molecular weight excluding hydrogens is 308 g/mol. The van der Waals surface area contributed by atoms with Crippen molar-refractivity contribution in [1.82, 2.24) is 4.90 Å². The largest absolute Gasteiger partial charge is 0.481 e. The zero-order valence-electron chi connectivity index (χ0n) is 14.0. The van der Waals surface area contributed by atoms with Gasteiger partial charge in [-0.3, -0.25) is 14.4 Å². The minimum Gasteiger partial charge on any atom is -0.481 e. The van der Waals surface area contributed by atoms with E-state index in [9.17, 15) is 14.4 Å². The number of para-hydroxylation sites is 1. The van der Waals surface area contributed by atoms with Gasteiger partial charge in [0.1, 0.15) is 0 Å². The van der Waals surface area contributed by atoms with Gasteiger partial charge in [0.25, 0.3) is 0 Å². The zero-order valence-corrected chi connectivity index (χ0v) is 14.0. The third-order valence-electron chi connectivity index (χ3n) is 4.34. The quantitative estimate of drug-likeness (QED) is 0.867. The highest BCUT2D eigenvalue weighted by Gasteiger charge is 2.29. The Morgan fingerprint density at radius 3 is 2.29 bits per heavy atom. The topological polar surface area (TPSA) is 77.9 Å². The fourth-order valence-electron chi connectivity index (χ4n) is 3.06. The van der Waals surface area contributed by atoms with Crippen LogP contribution in [-0.4, -0.2) is 46.9 Å². The van der Waals surface area contributed by atoms with Crippen molar-refractivity contribution in [3.05, 3.63) is 30.3 Å². The fourth-order valence-corrected chi connectivity index (χ4v) is 3.06. The molecule has 0 spiro atoms. The van der Waals surface area contributed by atoms with Crippen molar-refractivity contribution in [2.75, 3.05) is 18.0 Å². The van der Waals surface area contributed by atoms with Crippen LogP contribution in [0, 0.1) is 0 Å². The molecule has 1 aromatic carbocycles. The maximum absolute atomic E-state index is 12.4. The molecule has 1 saturated heterocycles. The highest BCUT2D eigenvalue weighted by molar-refractivity contribution is 5.93. The molecular formula is C18H24N2O4. The monoisotopic (exact) mass is 332 g/mol. The first-order chi connectivity index (χ1) is 11.5. The first-order valence-electron chi connectivity index (χ1n) is 8.39. The Hall–Kier alpha value is -2.37. The van der Waals surface area contributed by atoms with Gasteiger partial charge in [-0.25, -0.2) is 0 Å². The van der Waals surface area contributed by atoms with Gasteiger partial charge in [0.15, 0.2) is 0 Å². The number of hydrogen-bond donors (Lipinski definition) is 1. The van der Waals surface area contributed by atoms with Crippen LogP contribution >= 0.6 is 0 Å². The number of piperidine rings is 1. The first kappa shape index (κ1) is 18.0. The standard InChI is InChI=1S/C18H24N2O4/c1-2-16(21)20(14-6-4-3-5-7-14)15-10-12-19(13-11-15)17(22)8-9-18(23)24/h3-7,15H,2,8-13H2,1H3,(H,23,24). The van der Waals surface area contributed by atoms with Crippen molar-refractivity contribution in [1.29, 1.82) is 0 Å². The summed E-state index contributed by atoms with van der Waals surface area (Å²) in [5, 5.41) is 8.67. The Balaban J connectivity index is 1.99. The molecule has 6 heteroatoms. The number of carboxylic acids is 1. The number of likely N-dealkylation sites (tertiary alicyclic amines) is 1. The molecule has 1 heterocycles. The molecule has 24 heavy (non-hydrogen) atoms. The summed E-state index contributed by atoms with van der Waals surface area (Å²) in [5.74, 6) is -0.997. The zero-order chi connectivity index (χ0) is 17.5. The lowest BCUT2D eigenvalue weighted by Crippen LogP contribution is -2.49. The van der Waals surface area contributed by atoms with Crippen LogP contribution in [0.5, 0.6) is 0 Å². The van der Waals surface area contributed by atoms with E-state index < -0.39 is 5.97 Å². The van der Waals surface area contributed by atoms with E-state index in [1.807, 2.05) is 42.2 Å². The van der Waals surface area contributed by atoms with E-state index in [0.717, 1.165) is 5.69 Å². The molecule has 0 unspecified atom stereocenters. The predicted octanol–water partition coefficient (Wildman–Crippen LogP) is 2.29. The minimum absolute atomic E-state index is 0.0380. The summed E-state index contributed by atoms with van der Waals surface area (Å²) in [7, 11) is 0. The second-order valence-corrected chi connectivity index (χ2v) is 5.96. The summed E-state index contributed by atoms with van der Waals surface area (Å²) in [5.41, 5.74) is 0.889. The van der Waals surface area contributed by atoms with Gasteiger partial charge in [-0.1, -0.05) is 25.1 Å². The van der Waals surface area contributed by atoms with Crippen LogP contribution in [0.2, 0.25) is 0 Å². The van der Waals surface area contributed by atoms with E-state index in [1.54, 1.807) is 4.90 Å². The van der Waals surface area contributed by atoms with Gasteiger partial charge in [-0.2, -0.15) is 0 Å². The van der Waals surface area contributed by atoms with Crippen LogP contribution in [0.4, 0.5) is 5.69 Å². The Kier molecular flexibility index (Phi) is 6.35. The third-order valence-corrected chi connectivity index (χ3v) is 4.34. The Labute approximate surface area is 142 Å². The summed E-state index contributed by atoms with van der Waals surface area (Å²) >= 11 is 0. The third kappa shape index (κ3) is 4.57. The van der Waals surface area contributed by atoms with E-state index in [0.29, 0.717) is 32.4 Å². The van der Waals surface area contributed by atoms with Gasteiger partial charge in [0.2, 0.25) is 11.8 Å². The van der Waals surface area contributed by atoms with Crippen molar-refractivity contribution in [3.63, 3.8) is 0 Å². The highest BCUT2D eigenvalue weighted by Crippen LogP contribution is 2.24. The number of benzene rings is 1. The molecule has 2 amide bonds. The van der Waals surface area contributed by atoms with Crippen LogP contribution in [0.1, 0.15) is 39.0 Å². The number of carbonyl (C=O) groups excluding carboxylic acids is 2. The maximum atomic E-state index is 12.4. The van der Waals surface area contributed by atoms with Crippen LogP contribution in [0.15, 0.2) is 30.3 Å². The molecule has 130 valence electrons. The van der Waals surface area contributed by atoms with Crippen molar-refractivity contribution in [3.8, 4) is 0 Å². The van der Waals surface area contributed by atoms with Crippen LogP contribution in [0.25, 0.3) is 0 Å². The fraction of sp³-hybridized carbons (Fsp3) is 0.500. The number of carboxylic acid groups (broad SMARTS) is 1. The lowest BCUT2D eigenvalue weighted by molar-refractivity contribution is -0.141. The summed E-state index contributed by atoms with van der Waals surface area (Å²) in [4.78, 5) is 38.5. The number of anilines is 1. The number of rotatable bonds is 6. The summed E-state index contributed by atoms with van der Waals surface area (Å²) < 4.78 is 0. The Morgan fingerprint density at radius 2 is 1.75 bits per heavy atom. The number of nitrogens with zero attached hydrogens (tertiary/aromatic N) is 2. The lowest BCUT2D eigenvalue weighted by atomic mass is 10.0. The molecule has 0 bridgehead atoms. The molecule has 1 aromatic rings. The first-order valence-corrected chi connectivity index (χ1v) is 8.39. The molecule has 2 rings (SSSR count). The van der Waals surface area contributed by atoms with Crippen LogP contribution in [0.3, 0.4) is 0 Å². The van der Waals surface area contributed by atoms with Crippen molar-refractivity contribution >= 4 is 23.5 Å². The van der Waals surface area contributed by atoms with E-state index in [4.69, 9.17) is 5.11 Å². The minimum atomic E-state index is -0.956. The SMILES string of the molecule is CCC(=O)N(c1ccccc1)C1CCN(C(=O)CCC(=O)O)CC1. The molecule has 6 nitrogen and oxygen atoms in total. The van der Waals surface area contributed by atoms with E-state index in [-0.39, 0.29) is 30.7 Å². The number of amides is 2. The van der Waals surface area contributed by atoms with Crippen molar-refractivity contribution < 1.29 is 19.5 Å². The van der Waals surface area contributed by atoms with Crippen LogP contribution in [-0.2, 0) is 14.4 Å². The van der Waals surface area contributed by atoms with Gasteiger partial charge in [0.05, 0.1) is 6.42 Å². The lowest BCUT2D eigenvalue weighted by Gasteiger charge is -2.38. The maximum Gasteiger partial charge on any atom is 0.303 e. The molecule has 0 aromatic heterocycles. The Morgan fingerprint density at radius 1 is 1.12 bits per heavy atom. The smallest absolute Gasteiger partial charge is 0.303 e. The van der Waals surface area contributed by atoms with Crippen molar-refractivity contribution in [2.24, 2.45) is 0 Å². The molecule has 1 fully saturated rings. The summed E-state index contributed by atoms with van der Waals surface area (Å²) in [6, 6.07) is 9.67. The molecule has 1 N–H and O–H groups in total. The summed E-state index contributed by atoms with van der Waals surface area (Å²) in [6.45, 7) is 2.97. The molecule has 1 aliphatic heterocycles. The predicted molar refractivity (Wildman–Crippen MR) is 90.7 cm³/mol. The van der Waals surface area contributed by atoms with Gasteiger partial charge in [-0.05, 0) is 25.0 Å². The normalized spacial score (nSPS) is 15.1. The van der Waals surface area contributed by atoms with Gasteiger partial charge in [-0.15, -0.1) is 0 Å². The molecule has 0 saturated carbocycles. The second-order valence-electron chi connectivity index (χ2n) is 5.96. The molecule has 0 atom stereocenters. The second kappa shape index (κ2) is 8.47. The molecule has 0 radical (unpaired) electrons. The number of carbonyl (C=O) groups is 3. The van der Waals surface area contributed by atoms with Gasteiger partial charge < -0.3 is 14.9 Å². The van der Waals surface area contributed by atoms with Gasteiger partial charge >= 0.3 is 5.97 Å². The summed E-state index contributed by atoms with van der Waals surface area (Å²) in [6.07, 6.45) is 1.76. The number of hydrogen-bond acceptors (Lipinski definition) is 3. The number of aliphatic carboxylic acids is 1. The highest BCUT2D eigenvalue weighted by atomic mass is 16.4.